The first-order valence-electron chi connectivity index (χ1n) is 6.65. The molecule has 3 nitrogen and oxygen atoms in total. The van der Waals surface area contributed by atoms with Crippen LogP contribution in [0.25, 0.3) is 0 Å². The molecule has 102 valence electrons. The summed E-state index contributed by atoms with van der Waals surface area (Å²) in [6.45, 7) is 5.47. The van der Waals surface area contributed by atoms with Crippen molar-refractivity contribution in [1.82, 2.24) is 9.88 Å². The molecule has 2 N–H and O–H groups in total. The zero-order valence-electron chi connectivity index (χ0n) is 10.8. The standard InChI is InChI=1S/C13H21N3S.ClH/c1-9-6-16(8-12(9)14)7-11-5-15-13(17-11)10-3-2-4-10;/h5,9-10,12H,2-4,6-8,14H2,1H3;1H. The van der Waals surface area contributed by atoms with Crippen molar-refractivity contribution in [3.8, 4) is 0 Å². The Morgan fingerprint density at radius 2 is 2.22 bits per heavy atom. The van der Waals surface area contributed by atoms with Crippen molar-refractivity contribution < 1.29 is 0 Å². The van der Waals surface area contributed by atoms with Gasteiger partial charge in [-0.3, -0.25) is 4.90 Å². The Kier molecular flexibility index (Phi) is 4.64. The summed E-state index contributed by atoms with van der Waals surface area (Å²) >= 11 is 1.91. The average molecular weight is 288 g/mol. The Bertz CT molecular complexity index is 381. The number of aromatic nitrogens is 1. The minimum atomic E-state index is 0. The predicted molar refractivity (Wildman–Crippen MR) is 78.4 cm³/mol. The van der Waals surface area contributed by atoms with Gasteiger partial charge in [-0.05, 0) is 18.8 Å². The number of halogens is 1. The number of rotatable bonds is 3. The van der Waals surface area contributed by atoms with Gasteiger partial charge in [0.2, 0.25) is 0 Å². The first-order chi connectivity index (χ1) is 8.22. The zero-order valence-corrected chi connectivity index (χ0v) is 12.5. The second kappa shape index (κ2) is 5.87. The SMILES string of the molecule is CC1CN(Cc2cnc(C3CCC3)s2)CC1N.Cl. The molecular weight excluding hydrogens is 266 g/mol. The molecular formula is C13H22ClN3S. The maximum atomic E-state index is 6.05. The van der Waals surface area contributed by atoms with Crippen molar-refractivity contribution in [2.45, 2.75) is 44.7 Å². The third-order valence-corrected chi connectivity index (χ3v) is 5.30. The minimum absolute atomic E-state index is 0. The van der Waals surface area contributed by atoms with Crippen molar-refractivity contribution in [3.63, 3.8) is 0 Å². The molecule has 1 aromatic heterocycles. The first kappa shape index (κ1) is 14.3. The fourth-order valence-corrected chi connectivity index (χ4v) is 3.81. The molecule has 3 rings (SSSR count). The Hall–Kier alpha value is -0.160. The summed E-state index contributed by atoms with van der Waals surface area (Å²) in [6, 6.07) is 0.356. The Balaban J connectivity index is 0.00000120. The molecule has 1 saturated carbocycles. The number of nitrogens with zero attached hydrogens (tertiary/aromatic N) is 2. The number of hydrogen-bond acceptors (Lipinski definition) is 4. The Morgan fingerprint density at radius 3 is 2.78 bits per heavy atom. The van der Waals surface area contributed by atoms with Crippen LogP contribution in [-0.4, -0.2) is 29.0 Å². The van der Waals surface area contributed by atoms with E-state index >= 15 is 0 Å². The normalized spacial score (nSPS) is 29.0. The maximum absolute atomic E-state index is 6.05. The van der Waals surface area contributed by atoms with Crippen LogP contribution in [0.1, 0.15) is 42.0 Å². The van der Waals surface area contributed by atoms with Gasteiger partial charge < -0.3 is 5.73 Å². The minimum Gasteiger partial charge on any atom is -0.326 e. The van der Waals surface area contributed by atoms with Crippen LogP contribution in [0.5, 0.6) is 0 Å². The van der Waals surface area contributed by atoms with Crippen molar-refractivity contribution in [2.75, 3.05) is 13.1 Å². The van der Waals surface area contributed by atoms with Gasteiger partial charge in [0.25, 0.3) is 0 Å². The fourth-order valence-electron chi connectivity index (χ4n) is 2.68. The molecule has 1 aliphatic heterocycles. The molecule has 5 heteroatoms. The lowest BCUT2D eigenvalue weighted by atomic mass is 9.86. The molecule has 2 fully saturated rings. The summed E-state index contributed by atoms with van der Waals surface area (Å²) in [5, 5.41) is 1.36. The van der Waals surface area contributed by atoms with Crippen LogP contribution >= 0.6 is 23.7 Å². The third-order valence-electron chi connectivity index (χ3n) is 4.15. The molecule has 2 heterocycles. The molecule has 1 saturated heterocycles. The van der Waals surface area contributed by atoms with Gasteiger partial charge in [-0.25, -0.2) is 4.98 Å². The second-order valence-electron chi connectivity index (χ2n) is 5.63. The topological polar surface area (TPSA) is 42.2 Å². The molecule has 0 bridgehead atoms. The predicted octanol–water partition coefficient (Wildman–Crippen LogP) is 2.61. The van der Waals surface area contributed by atoms with E-state index in [4.69, 9.17) is 5.73 Å². The van der Waals surface area contributed by atoms with Crippen molar-refractivity contribution in [3.05, 3.63) is 16.1 Å². The lowest BCUT2D eigenvalue weighted by Gasteiger charge is -2.22. The summed E-state index contributed by atoms with van der Waals surface area (Å²) in [7, 11) is 0. The molecule has 1 aromatic rings. The summed E-state index contributed by atoms with van der Waals surface area (Å²) < 4.78 is 0. The van der Waals surface area contributed by atoms with Gasteiger partial charge >= 0.3 is 0 Å². The number of likely N-dealkylation sites (tertiary alicyclic amines) is 1. The third kappa shape index (κ3) is 2.87. The zero-order chi connectivity index (χ0) is 11.8. The molecule has 2 aliphatic rings. The number of hydrogen-bond donors (Lipinski definition) is 1. The van der Waals surface area contributed by atoms with E-state index in [0.29, 0.717) is 12.0 Å². The largest absolute Gasteiger partial charge is 0.326 e. The molecule has 1 aliphatic carbocycles. The highest BCUT2D eigenvalue weighted by molar-refractivity contribution is 7.11. The van der Waals surface area contributed by atoms with E-state index in [-0.39, 0.29) is 12.4 Å². The Labute approximate surface area is 119 Å². The van der Waals surface area contributed by atoms with Crippen LogP contribution in [0.2, 0.25) is 0 Å². The van der Waals surface area contributed by atoms with Crippen LogP contribution in [0.3, 0.4) is 0 Å². The highest BCUT2D eigenvalue weighted by atomic mass is 35.5. The van der Waals surface area contributed by atoms with E-state index < -0.39 is 0 Å². The molecule has 0 spiro atoms. The van der Waals surface area contributed by atoms with Gasteiger partial charge in [0.1, 0.15) is 0 Å². The lowest BCUT2D eigenvalue weighted by molar-refractivity contribution is 0.321. The van der Waals surface area contributed by atoms with Crippen LogP contribution in [-0.2, 0) is 6.54 Å². The first-order valence-corrected chi connectivity index (χ1v) is 7.46. The maximum Gasteiger partial charge on any atom is 0.0959 e. The molecule has 2 atom stereocenters. The highest BCUT2D eigenvalue weighted by Crippen LogP contribution is 2.38. The number of nitrogens with two attached hydrogens (primary N) is 1. The van der Waals surface area contributed by atoms with Crippen LogP contribution in [0.4, 0.5) is 0 Å². The molecule has 0 amide bonds. The highest BCUT2D eigenvalue weighted by Gasteiger charge is 2.27. The average Bonchev–Trinajstić information content (AvgIpc) is 2.74. The van der Waals surface area contributed by atoms with E-state index in [9.17, 15) is 0 Å². The van der Waals surface area contributed by atoms with Gasteiger partial charge in [0, 0.05) is 42.7 Å². The lowest BCUT2D eigenvalue weighted by Crippen LogP contribution is -2.28. The van der Waals surface area contributed by atoms with Crippen LogP contribution < -0.4 is 5.73 Å². The summed E-state index contributed by atoms with van der Waals surface area (Å²) in [4.78, 5) is 8.45. The van der Waals surface area contributed by atoms with E-state index in [2.05, 4.69) is 23.0 Å². The van der Waals surface area contributed by atoms with Gasteiger partial charge in [-0.1, -0.05) is 13.3 Å². The molecule has 0 radical (unpaired) electrons. The van der Waals surface area contributed by atoms with Gasteiger partial charge in [-0.2, -0.15) is 0 Å². The van der Waals surface area contributed by atoms with Crippen LogP contribution in [0.15, 0.2) is 6.20 Å². The van der Waals surface area contributed by atoms with Gasteiger partial charge in [-0.15, -0.1) is 23.7 Å². The van der Waals surface area contributed by atoms with Gasteiger partial charge in [0.05, 0.1) is 5.01 Å². The molecule has 2 unspecified atom stereocenters. The van der Waals surface area contributed by atoms with Crippen molar-refractivity contribution in [2.24, 2.45) is 11.7 Å². The van der Waals surface area contributed by atoms with E-state index in [1.165, 1.54) is 29.1 Å². The fraction of sp³-hybridized carbons (Fsp3) is 0.769. The van der Waals surface area contributed by atoms with Crippen molar-refractivity contribution >= 4 is 23.7 Å². The summed E-state index contributed by atoms with van der Waals surface area (Å²) in [6.07, 6.45) is 6.15. The Morgan fingerprint density at radius 1 is 1.44 bits per heavy atom. The smallest absolute Gasteiger partial charge is 0.0959 e. The van der Waals surface area contributed by atoms with Gasteiger partial charge in [0.15, 0.2) is 0 Å². The monoisotopic (exact) mass is 287 g/mol. The van der Waals surface area contributed by atoms with Crippen molar-refractivity contribution in [1.29, 1.82) is 0 Å². The number of thiazole rings is 1. The molecule has 18 heavy (non-hydrogen) atoms. The summed E-state index contributed by atoms with van der Waals surface area (Å²) in [5.74, 6) is 1.41. The second-order valence-corrected chi connectivity index (χ2v) is 6.77. The van der Waals surface area contributed by atoms with Crippen LogP contribution in [0, 0.1) is 5.92 Å². The molecule has 0 aromatic carbocycles. The summed E-state index contributed by atoms with van der Waals surface area (Å²) in [5.41, 5.74) is 6.05. The quantitative estimate of drug-likeness (QED) is 0.929. The van der Waals surface area contributed by atoms with E-state index in [1.807, 2.05) is 11.3 Å². The van der Waals surface area contributed by atoms with E-state index in [0.717, 1.165) is 25.6 Å². The van der Waals surface area contributed by atoms with E-state index in [1.54, 1.807) is 0 Å².